The Kier molecular flexibility index (Phi) is 4.98. The van der Waals surface area contributed by atoms with Gasteiger partial charge in [0, 0.05) is 24.0 Å². The Labute approximate surface area is 163 Å². The molecule has 0 saturated carbocycles. The quantitative estimate of drug-likeness (QED) is 0.721. The summed E-state index contributed by atoms with van der Waals surface area (Å²) in [6.07, 6.45) is 0.294. The summed E-state index contributed by atoms with van der Waals surface area (Å²) in [7, 11) is 0. The number of ether oxygens (including phenoxy) is 1. The van der Waals surface area contributed by atoms with Crippen LogP contribution in [0.2, 0.25) is 0 Å². The van der Waals surface area contributed by atoms with Gasteiger partial charge in [0.05, 0.1) is 5.69 Å². The van der Waals surface area contributed by atoms with Crippen LogP contribution in [0.1, 0.15) is 19.8 Å². The number of rotatable bonds is 5. The number of hydrogen-bond acceptors (Lipinski definition) is 3. The zero-order chi connectivity index (χ0) is 19.5. The van der Waals surface area contributed by atoms with E-state index in [0.29, 0.717) is 18.7 Å². The number of nitrogens with one attached hydrogen (secondary N) is 1. The van der Waals surface area contributed by atoms with Gasteiger partial charge in [0.2, 0.25) is 5.91 Å². The molecule has 5 heteroatoms. The molecule has 0 aromatic heterocycles. The summed E-state index contributed by atoms with van der Waals surface area (Å²) in [6, 6.07) is 21.2. The summed E-state index contributed by atoms with van der Waals surface area (Å²) in [5.74, 6) is 0.462. The Hall–Kier alpha value is -3.34. The van der Waals surface area contributed by atoms with E-state index in [4.69, 9.17) is 4.74 Å². The SMILES string of the molecule is CCC1Oc2ccccc2N(CCC(=O)Nc2cccc3ccccc23)C1=O. The van der Waals surface area contributed by atoms with Crippen molar-refractivity contribution in [1.29, 1.82) is 0 Å². The van der Waals surface area contributed by atoms with Gasteiger partial charge in [-0.25, -0.2) is 0 Å². The molecule has 3 aromatic carbocycles. The Morgan fingerprint density at radius 3 is 2.64 bits per heavy atom. The number of anilines is 2. The molecular formula is C23H22N2O3. The minimum Gasteiger partial charge on any atom is -0.478 e. The van der Waals surface area contributed by atoms with E-state index in [1.54, 1.807) is 4.90 Å². The van der Waals surface area contributed by atoms with Crippen molar-refractivity contribution in [2.45, 2.75) is 25.9 Å². The molecule has 0 bridgehead atoms. The normalized spacial score (nSPS) is 15.8. The molecule has 1 N–H and O–H groups in total. The van der Waals surface area contributed by atoms with Crippen LogP contribution in [0.25, 0.3) is 10.8 Å². The maximum atomic E-state index is 12.7. The molecule has 2 amide bonds. The summed E-state index contributed by atoms with van der Waals surface area (Å²) in [5.41, 5.74) is 1.50. The first-order chi connectivity index (χ1) is 13.7. The van der Waals surface area contributed by atoms with Crippen molar-refractivity contribution in [2.75, 3.05) is 16.8 Å². The largest absolute Gasteiger partial charge is 0.478 e. The predicted octanol–water partition coefficient (Wildman–Crippen LogP) is 4.37. The minimum atomic E-state index is -0.504. The lowest BCUT2D eigenvalue weighted by Gasteiger charge is -2.33. The zero-order valence-electron chi connectivity index (χ0n) is 15.7. The van der Waals surface area contributed by atoms with Gasteiger partial charge in [-0.15, -0.1) is 0 Å². The molecule has 1 aliphatic heterocycles. The lowest BCUT2D eigenvalue weighted by atomic mass is 10.1. The van der Waals surface area contributed by atoms with Crippen LogP contribution >= 0.6 is 0 Å². The molecule has 0 aliphatic carbocycles. The predicted molar refractivity (Wildman–Crippen MR) is 111 cm³/mol. The third-order valence-electron chi connectivity index (χ3n) is 4.96. The second-order valence-corrected chi connectivity index (χ2v) is 6.80. The van der Waals surface area contributed by atoms with Crippen molar-refractivity contribution in [2.24, 2.45) is 0 Å². The standard InChI is InChI=1S/C23H22N2O3/c1-2-20-23(27)25(19-12-5-6-13-21(19)28-20)15-14-22(26)24-18-11-7-9-16-8-3-4-10-17(16)18/h3-13,20H,2,14-15H2,1H3,(H,24,26). The molecular weight excluding hydrogens is 352 g/mol. The molecule has 4 rings (SSSR count). The van der Waals surface area contributed by atoms with Crippen LogP contribution in [0.5, 0.6) is 5.75 Å². The molecule has 1 aliphatic rings. The molecule has 5 nitrogen and oxygen atoms in total. The molecule has 0 radical (unpaired) electrons. The van der Waals surface area contributed by atoms with Crippen LogP contribution in [0, 0.1) is 0 Å². The number of carbonyl (C=O) groups is 2. The number of nitrogens with zero attached hydrogens (tertiary/aromatic N) is 1. The maximum absolute atomic E-state index is 12.7. The number of carbonyl (C=O) groups excluding carboxylic acids is 2. The van der Waals surface area contributed by atoms with Crippen molar-refractivity contribution in [3.63, 3.8) is 0 Å². The third-order valence-corrected chi connectivity index (χ3v) is 4.96. The van der Waals surface area contributed by atoms with Crippen LogP contribution in [0.4, 0.5) is 11.4 Å². The van der Waals surface area contributed by atoms with Crippen LogP contribution in [-0.4, -0.2) is 24.5 Å². The minimum absolute atomic E-state index is 0.0980. The first kappa shape index (κ1) is 18.0. The van der Waals surface area contributed by atoms with Crippen molar-refractivity contribution >= 4 is 34.0 Å². The van der Waals surface area contributed by atoms with Crippen LogP contribution in [0.15, 0.2) is 66.7 Å². The van der Waals surface area contributed by atoms with Crippen LogP contribution < -0.4 is 15.0 Å². The van der Waals surface area contributed by atoms with Crippen molar-refractivity contribution in [3.8, 4) is 5.75 Å². The average Bonchev–Trinajstić information content (AvgIpc) is 2.73. The van der Waals surface area contributed by atoms with Gasteiger partial charge in [0.1, 0.15) is 5.75 Å². The fourth-order valence-electron chi connectivity index (χ4n) is 3.53. The van der Waals surface area contributed by atoms with Gasteiger partial charge in [-0.05, 0) is 30.0 Å². The second-order valence-electron chi connectivity index (χ2n) is 6.80. The van der Waals surface area contributed by atoms with E-state index in [1.165, 1.54) is 0 Å². The van der Waals surface area contributed by atoms with E-state index in [1.807, 2.05) is 73.7 Å². The lowest BCUT2D eigenvalue weighted by Crippen LogP contribution is -2.46. The van der Waals surface area contributed by atoms with Gasteiger partial charge in [-0.1, -0.05) is 55.5 Å². The fourth-order valence-corrected chi connectivity index (χ4v) is 3.53. The zero-order valence-corrected chi connectivity index (χ0v) is 15.7. The van der Waals surface area contributed by atoms with Gasteiger partial charge < -0.3 is 15.0 Å². The molecule has 0 spiro atoms. The Morgan fingerprint density at radius 1 is 1.04 bits per heavy atom. The first-order valence-electron chi connectivity index (χ1n) is 9.52. The van der Waals surface area contributed by atoms with Crippen molar-refractivity contribution < 1.29 is 14.3 Å². The highest BCUT2D eigenvalue weighted by molar-refractivity contribution is 6.03. The molecule has 0 saturated heterocycles. The van der Waals surface area contributed by atoms with Crippen molar-refractivity contribution in [3.05, 3.63) is 66.7 Å². The number of hydrogen-bond donors (Lipinski definition) is 1. The maximum Gasteiger partial charge on any atom is 0.268 e. The number of amides is 2. The molecule has 0 fully saturated rings. The summed E-state index contributed by atoms with van der Waals surface area (Å²) < 4.78 is 5.78. The average molecular weight is 374 g/mol. The monoisotopic (exact) mass is 374 g/mol. The first-order valence-corrected chi connectivity index (χ1v) is 9.52. The molecule has 1 heterocycles. The van der Waals surface area contributed by atoms with E-state index in [0.717, 1.165) is 22.1 Å². The number of para-hydroxylation sites is 2. The van der Waals surface area contributed by atoms with Gasteiger partial charge in [0.25, 0.3) is 5.91 Å². The van der Waals surface area contributed by atoms with E-state index >= 15 is 0 Å². The third kappa shape index (κ3) is 3.43. The van der Waals surface area contributed by atoms with E-state index in [9.17, 15) is 9.59 Å². The second kappa shape index (κ2) is 7.72. The van der Waals surface area contributed by atoms with Crippen molar-refractivity contribution in [1.82, 2.24) is 0 Å². The van der Waals surface area contributed by atoms with E-state index in [2.05, 4.69) is 5.32 Å². The summed E-state index contributed by atoms with van der Waals surface area (Å²) >= 11 is 0. The number of fused-ring (bicyclic) bond motifs is 2. The molecule has 1 unspecified atom stereocenters. The van der Waals surface area contributed by atoms with Gasteiger partial charge in [-0.3, -0.25) is 9.59 Å². The van der Waals surface area contributed by atoms with Gasteiger partial charge in [0.15, 0.2) is 6.10 Å². The molecule has 142 valence electrons. The fraction of sp³-hybridized carbons (Fsp3) is 0.217. The Morgan fingerprint density at radius 2 is 1.79 bits per heavy atom. The lowest BCUT2D eigenvalue weighted by molar-refractivity contribution is -0.126. The van der Waals surface area contributed by atoms with Gasteiger partial charge in [-0.2, -0.15) is 0 Å². The summed E-state index contributed by atoms with van der Waals surface area (Å²) in [6.45, 7) is 2.23. The molecule has 3 aromatic rings. The molecule has 1 atom stereocenters. The highest BCUT2D eigenvalue weighted by Gasteiger charge is 2.33. The highest BCUT2D eigenvalue weighted by Crippen LogP contribution is 2.34. The molecule has 28 heavy (non-hydrogen) atoms. The summed E-state index contributed by atoms with van der Waals surface area (Å²) in [4.78, 5) is 27.0. The Bertz CT molecular complexity index is 1030. The van der Waals surface area contributed by atoms with Crippen LogP contribution in [-0.2, 0) is 9.59 Å². The topological polar surface area (TPSA) is 58.6 Å². The van der Waals surface area contributed by atoms with E-state index < -0.39 is 6.10 Å². The van der Waals surface area contributed by atoms with Gasteiger partial charge >= 0.3 is 0 Å². The highest BCUT2D eigenvalue weighted by atomic mass is 16.5. The summed E-state index contributed by atoms with van der Waals surface area (Å²) in [5, 5.41) is 5.05. The number of benzene rings is 3. The van der Waals surface area contributed by atoms with E-state index in [-0.39, 0.29) is 18.2 Å². The van der Waals surface area contributed by atoms with Crippen LogP contribution in [0.3, 0.4) is 0 Å². The smallest absolute Gasteiger partial charge is 0.268 e. The Balaban J connectivity index is 1.49.